The average molecular weight is 377 g/mol. The van der Waals surface area contributed by atoms with E-state index in [1.807, 2.05) is 36.5 Å². The number of fused-ring (bicyclic) bond motifs is 1. The number of carbonyl (C=O) groups excluding carboxylic acids is 1. The van der Waals surface area contributed by atoms with E-state index in [-0.39, 0.29) is 12.3 Å². The van der Waals surface area contributed by atoms with Gasteiger partial charge in [-0.1, -0.05) is 30.3 Å². The fourth-order valence-corrected chi connectivity index (χ4v) is 3.65. The largest absolute Gasteiger partial charge is 0.481 e. The molecular weight excluding hydrogens is 362 g/mol. The molecule has 0 bridgehead atoms. The van der Waals surface area contributed by atoms with Crippen molar-refractivity contribution in [3.05, 3.63) is 70.8 Å². The number of benzene rings is 2. The van der Waals surface area contributed by atoms with Crippen molar-refractivity contribution in [2.45, 2.75) is 6.42 Å². The predicted molar refractivity (Wildman–Crippen MR) is 108 cm³/mol. The zero-order valence-corrected chi connectivity index (χ0v) is 14.9. The first-order chi connectivity index (χ1) is 13.1. The summed E-state index contributed by atoms with van der Waals surface area (Å²) in [7, 11) is 0. The van der Waals surface area contributed by atoms with Gasteiger partial charge in [-0.05, 0) is 41.6 Å². The monoisotopic (exact) mass is 377 g/mol. The van der Waals surface area contributed by atoms with Gasteiger partial charge in [0.25, 0.3) is 5.91 Å². The number of nitrogens with one attached hydrogen (secondary N) is 2. The molecule has 0 saturated heterocycles. The summed E-state index contributed by atoms with van der Waals surface area (Å²) < 4.78 is 0. The minimum atomic E-state index is -0.871. The number of aromatic nitrogens is 1. The zero-order chi connectivity index (χ0) is 18.8. The van der Waals surface area contributed by atoms with Crippen molar-refractivity contribution < 1.29 is 14.7 Å². The summed E-state index contributed by atoms with van der Waals surface area (Å²) in [6.45, 7) is 0. The lowest BCUT2D eigenvalue weighted by molar-refractivity contribution is -0.136. The third kappa shape index (κ3) is 3.78. The molecule has 1 amide bonds. The number of carboxylic acid groups (broad SMARTS) is 1. The molecule has 134 valence electrons. The Hall–Kier alpha value is -3.32. The highest BCUT2D eigenvalue weighted by Gasteiger charge is 2.22. The van der Waals surface area contributed by atoms with E-state index in [1.165, 1.54) is 11.8 Å². The summed E-state index contributed by atoms with van der Waals surface area (Å²) in [5, 5.41) is 13.5. The summed E-state index contributed by atoms with van der Waals surface area (Å²) >= 11 is 1.28. The summed E-state index contributed by atoms with van der Waals surface area (Å²) in [4.78, 5) is 30.7. The number of hydrogen-bond acceptors (Lipinski definition) is 4. The van der Waals surface area contributed by atoms with E-state index >= 15 is 0 Å². The SMILES string of the molecule is O=C(O)Cc1ccc(NC2=NC(=O)/C(=C\c3c[nH]c4ccccc34)S2)cc1. The fourth-order valence-electron chi connectivity index (χ4n) is 2.82. The summed E-state index contributed by atoms with van der Waals surface area (Å²) in [5.41, 5.74) is 3.41. The lowest BCUT2D eigenvalue weighted by atomic mass is 10.1. The van der Waals surface area contributed by atoms with Crippen LogP contribution in [0.3, 0.4) is 0 Å². The number of aliphatic carboxylic acids is 1. The standard InChI is InChI=1S/C20H15N3O3S/c24-18(25)9-12-5-7-14(8-6-12)22-20-23-19(26)17(27-20)10-13-11-21-16-4-2-1-3-15(13)16/h1-8,10-11,21H,9H2,(H,24,25)(H,22,23,26)/b17-10+. The van der Waals surface area contributed by atoms with Gasteiger partial charge in [0.15, 0.2) is 5.17 Å². The van der Waals surface area contributed by atoms with Crippen molar-refractivity contribution in [1.29, 1.82) is 0 Å². The second-order valence-electron chi connectivity index (χ2n) is 6.01. The number of carboxylic acids is 1. The Kier molecular flexibility index (Phi) is 4.52. The maximum atomic E-state index is 12.2. The molecule has 7 heteroatoms. The molecule has 3 N–H and O–H groups in total. The molecule has 1 aliphatic heterocycles. The van der Waals surface area contributed by atoms with Crippen molar-refractivity contribution in [3.8, 4) is 0 Å². The Balaban J connectivity index is 1.48. The van der Waals surface area contributed by atoms with Crippen LogP contribution >= 0.6 is 11.8 Å². The van der Waals surface area contributed by atoms with E-state index in [0.29, 0.717) is 15.6 Å². The molecule has 0 unspecified atom stereocenters. The first-order valence-corrected chi connectivity index (χ1v) is 9.06. The van der Waals surface area contributed by atoms with E-state index in [4.69, 9.17) is 5.11 Å². The maximum absolute atomic E-state index is 12.2. The Bertz CT molecular complexity index is 1100. The van der Waals surface area contributed by atoms with Gasteiger partial charge in [-0.15, -0.1) is 0 Å². The second-order valence-corrected chi connectivity index (χ2v) is 7.05. The summed E-state index contributed by atoms with van der Waals surface area (Å²) in [6.07, 6.45) is 3.68. The maximum Gasteiger partial charge on any atom is 0.307 e. The van der Waals surface area contributed by atoms with Crippen LogP contribution in [0.1, 0.15) is 11.1 Å². The van der Waals surface area contributed by atoms with Gasteiger partial charge in [0.2, 0.25) is 0 Å². The first-order valence-electron chi connectivity index (χ1n) is 8.25. The minimum absolute atomic E-state index is 0.0219. The van der Waals surface area contributed by atoms with E-state index in [2.05, 4.69) is 15.3 Å². The van der Waals surface area contributed by atoms with Gasteiger partial charge in [0.1, 0.15) is 0 Å². The van der Waals surface area contributed by atoms with Crippen LogP contribution in [-0.2, 0) is 16.0 Å². The van der Waals surface area contributed by atoms with Crippen LogP contribution in [0.5, 0.6) is 0 Å². The molecule has 0 saturated carbocycles. The Morgan fingerprint density at radius 3 is 2.74 bits per heavy atom. The highest BCUT2D eigenvalue weighted by Crippen LogP contribution is 2.31. The van der Waals surface area contributed by atoms with Gasteiger partial charge in [0.05, 0.1) is 11.3 Å². The third-order valence-electron chi connectivity index (χ3n) is 4.09. The fraction of sp³-hybridized carbons (Fsp3) is 0.0500. The highest BCUT2D eigenvalue weighted by atomic mass is 32.2. The number of carbonyl (C=O) groups is 2. The van der Waals surface area contributed by atoms with Crippen LogP contribution in [-0.4, -0.2) is 27.1 Å². The average Bonchev–Trinajstić information content (AvgIpc) is 3.20. The number of amides is 1. The van der Waals surface area contributed by atoms with Crippen LogP contribution in [0.15, 0.2) is 64.6 Å². The van der Waals surface area contributed by atoms with E-state index < -0.39 is 5.97 Å². The normalized spacial score (nSPS) is 15.3. The molecular formula is C20H15N3O3S. The third-order valence-corrected chi connectivity index (χ3v) is 4.99. The van der Waals surface area contributed by atoms with Gasteiger partial charge in [-0.25, -0.2) is 0 Å². The van der Waals surface area contributed by atoms with Crippen LogP contribution in [0.2, 0.25) is 0 Å². The van der Waals surface area contributed by atoms with Crippen LogP contribution in [0.25, 0.3) is 17.0 Å². The number of thioether (sulfide) groups is 1. The van der Waals surface area contributed by atoms with Crippen molar-refractivity contribution in [2.75, 3.05) is 5.32 Å². The summed E-state index contributed by atoms with van der Waals surface area (Å²) in [5.74, 6) is -1.15. The van der Waals surface area contributed by atoms with E-state index in [1.54, 1.807) is 24.3 Å². The molecule has 0 radical (unpaired) electrons. The molecule has 0 fully saturated rings. The first kappa shape index (κ1) is 17.1. The van der Waals surface area contributed by atoms with Gasteiger partial charge in [0, 0.05) is 28.4 Å². The van der Waals surface area contributed by atoms with Crippen molar-refractivity contribution in [2.24, 2.45) is 4.99 Å². The van der Waals surface area contributed by atoms with E-state index in [0.717, 1.165) is 22.2 Å². The number of para-hydroxylation sites is 1. The molecule has 4 rings (SSSR count). The van der Waals surface area contributed by atoms with Crippen LogP contribution < -0.4 is 5.32 Å². The predicted octanol–water partition coefficient (Wildman–Crippen LogP) is 3.88. The molecule has 2 heterocycles. The minimum Gasteiger partial charge on any atom is -0.481 e. The lowest BCUT2D eigenvalue weighted by Crippen LogP contribution is -2.05. The number of anilines is 1. The van der Waals surface area contributed by atoms with Gasteiger partial charge in [-0.2, -0.15) is 4.99 Å². The molecule has 0 aliphatic carbocycles. The van der Waals surface area contributed by atoms with Crippen LogP contribution in [0, 0.1) is 0 Å². The number of nitrogens with zero attached hydrogens (tertiary/aromatic N) is 1. The number of rotatable bonds is 4. The molecule has 0 atom stereocenters. The molecule has 0 spiro atoms. The van der Waals surface area contributed by atoms with Crippen molar-refractivity contribution in [3.63, 3.8) is 0 Å². The Morgan fingerprint density at radius 1 is 1.19 bits per heavy atom. The molecule has 27 heavy (non-hydrogen) atoms. The smallest absolute Gasteiger partial charge is 0.307 e. The van der Waals surface area contributed by atoms with E-state index in [9.17, 15) is 9.59 Å². The summed E-state index contributed by atoms with van der Waals surface area (Å²) in [6, 6.07) is 14.9. The molecule has 2 aromatic carbocycles. The van der Waals surface area contributed by atoms with Gasteiger partial charge in [-0.3, -0.25) is 9.59 Å². The molecule has 1 aliphatic rings. The van der Waals surface area contributed by atoms with Crippen LogP contribution in [0.4, 0.5) is 5.69 Å². The number of hydrogen-bond donors (Lipinski definition) is 3. The van der Waals surface area contributed by atoms with Crippen molar-refractivity contribution >= 4 is 51.5 Å². The Morgan fingerprint density at radius 2 is 1.96 bits per heavy atom. The zero-order valence-electron chi connectivity index (χ0n) is 14.1. The molecule has 1 aromatic heterocycles. The van der Waals surface area contributed by atoms with Gasteiger partial charge >= 0.3 is 5.97 Å². The Labute approximate surface area is 159 Å². The van der Waals surface area contributed by atoms with Crippen molar-refractivity contribution in [1.82, 2.24) is 4.98 Å². The number of aromatic amines is 1. The molecule has 3 aromatic rings. The lowest BCUT2D eigenvalue weighted by Gasteiger charge is -2.05. The highest BCUT2D eigenvalue weighted by molar-refractivity contribution is 8.18. The molecule has 6 nitrogen and oxygen atoms in total. The number of amidine groups is 1. The second kappa shape index (κ2) is 7.13. The quantitative estimate of drug-likeness (QED) is 0.600. The number of aliphatic imine (C=N–C) groups is 1. The topological polar surface area (TPSA) is 94.5 Å². The van der Waals surface area contributed by atoms with Gasteiger partial charge < -0.3 is 15.4 Å². The number of H-pyrrole nitrogens is 1.